The third-order valence-electron chi connectivity index (χ3n) is 4.66. The van der Waals surface area contributed by atoms with Crippen molar-refractivity contribution in [3.05, 3.63) is 77.2 Å². The Bertz CT molecular complexity index is 956. The fraction of sp³-hybridized carbons (Fsp3) is 0.227. The highest BCUT2D eigenvalue weighted by Gasteiger charge is 2.17. The first kappa shape index (κ1) is 16.5. The molecule has 1 aliphatic rings. The number of allylic oxidation sites excluding steroid dienone is 2. The Kier molecular flexibility index (Phi) is 4.48. The number of ether oxygens (including phenoxy) is 1. The van der Waals surface area contributed by atoms with Gasteiger partial charge in [-0.05, 0) is 49.1 Å². The number of hydrogen-bond acceptors (Lipinski definition) is 4. The van der Waals surface area contributed by atoms with Crippen LogP contribution in [0, 0.1) is 6.92 Å². The zero-order chi connectivity index (χ0) is 17.9. The van der Waals surface area contributed by atoms with Crippen LogP contribution in [0.5, 0.6) is 0 Å². The van der Waals surface area contributed by atoms with Gasteiger partial charge in [0.15, 0.2) is 5.76 Å². The summed E-state index contributed by atoms with van der Waals surface area (Å²) in [7, 11) is 0. The Balaban J connectivity index is 1.59. The van der Waals surface area contributed by atoms with Crippen molar-refractivity contribution in [3.63, 3.8) is 0 Å². The van der Waals surface area contributed by atoms with E-state index in [0.717, 1.165) is 35.6 Å². The SMILES string of the molecule is CCOC1=CCc2cccc(Nc3ncc(-c4ccccc4C)o3)c2C1. The van der Waals surface area contributed by atoms with Crippen LogP contribution in [0.3, 0.4) is 0 Å². The second-order valence-corrected chi connectivity index (χ2v) is 6.40. The molecule has 132 valence electrons. The predicted molar refractivity (Wildman–Crippen MR) is 104 cm³/mol. The summed E-state index contributed by atoms with van der Waals surface area (Å²) < 4.78 is 11.7. The summed E-state index contributed by atoms with van der Waals surface area (Å²) in [6.07, 6.45) is 5.61. The van der Waals surface area contributed by atoms with E-state index < -0.39 is 0 Å². The van der Waals surface area contributed by atoms with Crippen LogP contribution in [-0.2, 0) is 17.6 Å². The summed E-state index contributed by atoms with van der Waals surface area (Å²) >= 11 is 0. The molecule has 26 heavy (non-hydrogen) atoms. The molecule has 1 N–H and O–H groups in total. The van der Waals surface area contributed by atoms with Crippen LogP contribution in [-0.4, -0.2) is 11.6 Å². The number of fused-ring (bicyclic) bond motifs is 1. The van der Waals surface area contributed by atoms with Gasteiger partial charge in [0.2, 0.25) is 0 Å². The first-order chi connectivity index (χ1) is 12.7. The summed E-state index contributed by atoms with van der Waals surface area (Å²) in [4.78, 5) is 4.41. The first-order valence-electron chi connectivity index (χ1n) is 8.96. The van der Waals surface area contributed by atoms with E-state index >= 15 is 0 Å². The smallest absolute Gasteiger partial charge is 0.299 e. The maximum absolute atomic E-state index is 5.95. The highest BCUT2D eigenvalue weighted by molar-refractivity contribution is 5.65. The van der Waals surface area contributed by atoms with Gasteiger partial charge < -0.3 is 14.5 Å². The molecule has 0 spiro atoms. The number of hydrogen-bond donors (Lipinski definition) is 1. The van der Waals surface area contributed by atoms with Crippen molar-refractivity contribution < 1.29 is 9.15 Å². The Hall–Kier alpha value is -3.01. The number of nitrogens with zero attached hydrogens (tertiary/aromatic N) is 1. The van der Waals surface area contributed by atoms with Crippen LogP contribution in [0.2, 0.25) is 0 Å². The van der Waals surface area contributed by atoms with Crippen LogP contribution in [0.25, 0.3) is 11.3 Å². The van der Waals surface area contributed by atoms with Gasteiger partial charge in [0, 0.05) is 17.7 Å². The van der Waals surface area contributed by atoms with E-state index in [2.05, 4.69) is 47.6 Å². The Morgan fingerprint density at radius 2 is 2.04 bits per heavy atom. The largest absolute Gasteiger partial charge is 0.498 e. The molecule has 1 aliphatic carbocycles. The quantitative estimate of drug-likeness (QED) is 0.671. The average molecular weight is 346 g/mol. The lowest BCUT2D eigenvalue weighted by Gasteiger charge is -2.20. The molecule has 1 aromatic heterocycles. The lowest BCUT2D eigenvalue weighted by molar-refractivity contribution is 0.220. The molecule has 0 bridgehead atoms. The normalized spacial score (nSPS) is 13.1. The number of rotatable bonds is 5. The molecular weight excluding hydrogens is 324 g/mol. The molecular formula is C22H22N2O2. The standard InChI is InChI=1S/C22H22N2O2/c1-3-25-17-12-11-16-8-6-10-20(19(16)13-17)24-22-23-14-21(26-22)18-9-5-4-7-15(18)2/h4-10,12,14H,3,11,13H2,1-2H3,(H,23,24). The molecule has 0 atom stereocenters. The Morgan fingerprint density at radius 3 is 2.88 bits per heavy atom. The van der Waals surface area contributed by atoms with Gasteiger partial charge >= 0.3 is 0 Å². The number of oxazole rings is 1. The third-order valence-corrected chi connectivity index (χ3v) is 4.66. The van der Waals surface area contributed by atoms with E-state index in [1.54, 1.807) is 6.20 Å². The summed E-state index contributed by atoms with van der Waals surface area (Å²) in [6, 6.07) is 14.9. The fourth-order valence-corrected chi connectivity index (χ4v) is 3.34. The van der Waals surface area contributed by atoms with Crippen molar-refractivity contribution in [2.45, 2.75) is 26.7 Å². The van der Waals surface area contributed by atoms with Crippen molar-refractivity contribution in [2.75, 3.05) is 11.9 Å². The molecule has 2 aromatic carbocycles. The van der Waals surface area contributed by atoms with Crippen LogP contribution in [0.15, 0.2) is 64.9 Å². The molecule has 4 rings (SSSR count). The van der Waals surface area contributed by atoms with Crippen LogP contribution in [0.4, 0.5) is 11.7 Å². The lowest BCUT2D eigenvalue weighted by atomic mass is 9.94. The number of aromatic nitrogens is 1. The molecule has 0 fully saturated rings. The monoisotopic (exact) mass is 346 g/mol. The lowest BCUT2D eigenvalue weighted by Crippen LogP contribution is -2.08. The maximum atomic E-state index is 5.95. The van der Waals surface area contributed by atoms with Crippen LogP contribution in [0.1, 0.15) is 23.6 Å². The highest BCUT2D eigenvalue weighted by atomic mass is 16.5. The van der Waals surface area contributed by atoms with Gasteiger partial charge in [0.05, 0.1) is 18.6 Å². The molecule has 0 saturated carbocycles. The predicted octanol–water partition coefficient (Wildman–Crippen LogP) is 5.41. The highest BCUT2D eigenvalue weighted by Crippen LogP contribution is 2.32. The second-order valence-electron chi connectivity index (χ2n) is 6.40. The van der Waals surface area contributed by atoms with Gasteiger partial charge in [-0.25, -0.2) is 4.98 Å². The molecule has 4 nitrogen and oxygen atoms in total. The van der Waals surface area contributed by atoms with Crippen LogP contribution < -0.4 is 5.32 Å². The Morgan fingerprint density at radius 1 is 1.15 bits per heavy atom. The molecule has 1 heterocycles. The van der Waals surface area contributed by atoms with Gasteiger partial charge in [0.1, 0.15) is 0 Å². The van der Waals surface area contributed by atoms with Gasteiger partial charge in [-0.1, -0.05) is 36.4 Å². The van der Waals surface area contributed by atoms with E-state index in [4.69, 9.17) is 9.15 Å². The number of anilines is 2. The maximum Gasteiger partial charge on any atom is 0.299 e. The first-order valence-corrected chi connectivity index (χ1v) is 8.96. The van der Waals surface area contributed by atoms with Gasteiger partial charge in [0.25, 0.3) is 6.01 Å². The molecule has 0 radical (unpaired) electrons. The summed E-state index contributed by atoms with van der Waals surface area (Å²) in [5, 5.41) is 3.34. The van der Waals surface area contributed by atoms with Crippen molar-refractivity contribution in [3.8, 4) is 11.3 Å². The summed E-state index contributed by atoms with van der Waals surface area (Å²) in [5.74, 6) is 1.80. The molecule has 4 heteroatoms. The van der Waals surface area contributed by atoms with Crippen molar-refractivity contribution in [1.82, 2.24) is 4.98 Å². The average Bonchev–Trinajstić information content (AvgIpc) is 3.11. The Labute approximate surface area is 153 Å². The van der Waals surface area contributed by atoms with Gasteiger partial charge in [-0.2, -0.15) is 0 Å². The second kappa shape index (κ2) is 7.08. The fourth-order valence-electron chi connectivity index (χ4n) is 3.34. The third kappa shape index (κ3) is 3.23. The number of nitrogens with one attached hydrogen (secondary N) is 1. The van der Waals surface area contributed by atoms with Gasteiger partial charge in [-0.3, -0.25) is 0 Å². The molecule has 0 aliphatic heterocycles. The number of aryl methyl sites for hydroxylation is 1. The van der Waals surface area contributed by atoms with E-state index in [-0.39, 0.29) is 0 Å². The van der Waals surface area contributed by atoms with Crippen molar-refractivity contribution in [1.29, 1.82) is 0 Å². The molecule has 0 unspecified atom stereocenters. The van der Waals surface area contributed by atoms with Crippen molar-refractivity contribution >= 4 is 11.7 Å². The van der Waals surface area contributed by atoms with Gasteiger partial charge in [-0.15, -0.1) is 0 Å². The summed E-state index contributed by atoms with van der Waals surface area (Å²) in [5.41, 5.74) is 5.80. The minimum absolute atomic E-state index is 0.504. The van der Waals surface area contributed by atoms with Crippen LogP contribution >= 0.6 is 0 Å². The minimum atomic E-state index is 0.504. The zero-order valence-electron chi connectivity index (χ0n) is 15.1. The molecule has 0 amide bonds. The van der Waals surface area contributed by atoms with E-state index in [1.165, 1.54) is 16.7 Å². The summed E-state index contributed by atoms with van der Waals surface area (Å²) in [6.45, 7) is 4.77. The van der Waals surface area contributed by atoms with E-state index in [1.807, 2.05) is 25.1 Å². The van der Waals surface area contributed by atoms with Crippen molar-refractivity contribution in [2.24, 2.45) is 0 Å². The number of benzene rings is 2. The topological polar surface area (TPSA) is 47.3 Å². The minimum Gasteiger partial charge on any atom is -0.498 e. The van der Waals surface area contributed by atoms with E-state index in [0.29, 0.717) is 12.6 Å². The zero-order valence-corrected chi connectivity index (χ0v) is 15.1. The van der Waals surface area contributed by atoms with E-state index in [9.17, 15) is 0 Å². The molecule has 0 saturated heterocycles. The molecule has 3 aromatic rings.